The smallest absolute Gasteiger partial charge is 0.255 e. The fraction of sp³-hybridized carbons (Fsp3) is 0.300. The lowest BCUT2D eigenvalue weighted by Crippen LogP contribution is -2.40. The molecule has 1 amide bonds. The number of aliphatic imine (C=N–C) groups is 1. The number of benzene rings is 2. The third kappa shape index (κ3) is 5.59. The summed E-state index contributed by atoms with van der Waals surface area (Å²) >= 11 is 0. The van der Waals surface area contributed by atoms with Crippen LogP contribution in [0.1, 0.15) is 18.1 Å². The molecule has 0 bridgehead atoms. The highest BCUT2D eigenvalue weighted by Crippen LogP contribution is 2.27. The summed E-state index contributed by atoms with van der Waals surface area (Å²) in [6, 6.07) is 16.0. The number of carbonyl (C=O) groups is 1. The number of nitrogens with two attached hydrogens (primary N) is 1. The summed E-state index contributed by atoms with van der Waals surface area (Å²) < 4.78 is 5.36. The Morgan fingerprint density at radius 1 is 1.26 bits per heavy atom. The van der Waals surface area contributed by atoms with Crippen LogP contribution in [0.4, 0.5) is 5.69 Å². The van der Waals surface area contributed by atoms with Gasteiger partial charge in [-0.2, -0.15) is 0 Å². The number of ether oxygens (including phenoxy) is 1. The fourth-order valence-corrected chi connectivity index (χ4v) is 3.01. The van der Waals surface area contributed by atoms with Crippen LogP contribution in [0.2, 0.25) is 0 Å². The van der Waals surface area contributed by atoms with Gasteiger partial charge in [-0.05, 0) is 42.7 Å². The molecule has 1 heterocycles. The third-order valence-corrected chi connectivity index (χ3v) is 4.17. The molecule has 0 atom stereocenters. The van der Waals surface area contributed by atoms with E-state index < -0.39 is 5.91 Å². The molecule has 144 valence electrons. The summed E-state index contributed by atoms with van der Waals surface area (Å²) in [7, 11) is 0. The number of anilines is 1. The molecule has 0 saturated heterocycles. The molecule has 3 rings (SSSR count). The molecule has 7 heteroatoms. The number of nitrogens with zero attached hydrogens (tertiary/aromatic N) is 2. The molecule has 0 radical (unpaired) electrons. The van der Waals surface area contributed by atoms with Gasteiger partial charge < -0.3 is 20.7 Å². The lowest BCUT2D eigenvalue weighted by molar-refractivity contribution is -0.119. The Hall–Kier alpha value is -2.29. The summed E-state index contributed by atoms with van der Waals surface area (Å²) in [5.74, 6) is 1.00. The van der Waals surface area contributed by atoms with Crippen molar-refractivity contribution in [3.63, 3.8) is 0 Å². The van der Waals surface area contributed by atoms with Crippen LogP contribution in [0, 0.1) is 0 Å². The maximum absolute atomic E-state index is 10.9. The number of primary amides is 1. The molecule has 3 N–H and O–H groups in total. The SMILES string of the molecule is CCNC(=NCc1cccc(OCC(N)=O)c1)N1CCc2ccccc21.I. The molecule has 0 fully saturated rings. The predicted octanol–water partition coefficient (Wildman–Crippen LogP) is 2.70. The molecule has 0 spiro atoms. The van der Waals surface area contributed by atoms with Gasteiger partial charge in [0.05, 0.1) is 6.54 Å². The first-order valence-electron chi connectivity index (χ1n) is 8.81. The molecule has 0 saturated carbocycles. The zero-order valence-electron chi connectivity index (χ0n) is 15.4. The number of hydrogen-bond acceptors (Lipinski definition) is 3. The van der Waals surface area contributed by atoms with Crippen molar-refractivity contribution in [1.29, 1.82) is 0 Å². The average Bonchev–Trinajstić information content (AvgIpc) is 3.08. The number of carbonyl (C=O) groups excluding carboxylic acids is 1. The van der Waals surface area contributed by atoms with Crippen molar-refractivity contribution in [1.82, 2.24) is 5.32 Å². The minimum absolute atomic E-state index is 0. The molecule has 6 nitrogen and oxygen atoms in total. The first-order chi connectivity index (χ1) is 12.7. The van der Waals surface area contributed by atoms with Crippen LogP contribution in [0.3, 0.4) is 0 Å². The van der Waals surface area contributed by atoms with Gasteiger partial charge in [-0.15, -0.1) is 24.0 Å². The van der Waals surface area contributed by atoms with Crippen LogP contribution < -0.4 is 20.7 Å². The Kier molecular flexibility index (Phi) is 7.90. The predicted molar refractivity (Wildman–Crippen MR) is 119 cm³/mol. The summed E-state index contributed by atoms with van der Waals surface area (Å²) in [5.41, 5.74) is 8.69. The Morgan fingerprint density at radius 2 is 2.07 bits per heavy atom. The van der Waals surface area contributed by atoms with Gasteiger partial charge in [-0.25, -0.2) is 4.99 Å². The number of fused-ring (bicyclic) bond motifs is 1. The van der Waals surface area contributed by atoms with Crippen LogP contribution in [0.15, 0.2) is 53.5 Å². The van der Waals surface area contributed by atoms with E-state index in [2.05, 4.69) is 41.4 Å². The van der Waals surface area contributed by atoms with Crippen molar-refractivity contribution in [3.8, 4) is 5.75 Å². The van der Waals surface area contributed by atoms with E-state index in [4.69, 9.17) is 15.5 Å². The Bertz CT molecular complexity index is 810. The number of hydrogen-bond donors (Lipinski definition) is 2. The summed E-state index contributed by atoms with van der Waals surface area (Å²) in [6.45, 7) is 4.19. The zero-order valence-corrected chi connectivity index (χ0v) is 17.7. The summed E-state index contributed by atoms with van der Waals surface area (Å²) in [4.78, 5) is 17.9. The maximum atomic E-state index is 10.9. The molecule has 0 aromatic heterocycles. The van der Waals surface area contributed by atoms with Crippen molar-refractivity contribution < 1.29 is 9.53 Å². The number of rotatable bonds is 6. The number of halogens is 1. The van der Waals surface area contributed by atoms with Crippen molar-refractivity contribution in [2.45, 2.75) is 19.9 Å². The van der Waals surface area contributed by atoms with Crippen molar-refractivity contribution >= 4 is 41.5 Å². The highest BCUT2D eigenvalue weighted by atomic mass is 127. The molecule has 0 aliphatic carbocycles. The highest BCUT2D eigenvalue weighted by Gasteiger charge is 2.22. The highest BCUT2D eigenvalue weighted by molar-refractivity contribution is 14.0. The number of nitrogens with one attached hydrogen (secondary N) is 1. The number of amides is 1. The van der Waals surface area contributed by atoms with Gasteiger partial charge >= 0.3 is 0 Å². The van der Waals surface area contributed by atoms with E-state index in [1.165, 1.54) is 11.3 Å². The standard InChI is InChI=1S/C20H24N4O2.HI/c1-2-22-20(24-11-10-16-7-3-4-9-18(16)24)23-13-15-6-5-8-17(12-15)26-14-19(21)25;/h3-9,12H,2,10-11,13-14H2,1H3,(H2,21,25)(H,22,23);1H. The first-order valence-corrected chi connectivity index (χ1v) is 8.81. The topological polar surface area (TPSA) is 80.0 Å². The van der Waals surface area contributed by atoms with Crippen molar-refractivity contribution in [3.05, 3.63) is 59.7 Å². The van der Waals surface area contributed by atoms with Crippen molar-refractivity contribution in [2.75, 3.05) is 24.6 Å². The molecular weight excluding hydrogens is 455 g/mol. The molecule has 1 aliphatic rings. The van der Waals surface area contributed by atoms with Crippen LogP contribution >= 0.6 is 24.0 Å². The van der Waals surface area contributed by atoms with Gasteiger partial charge in [0.1, 0.15) is 5.75 Å². The Balaban J connectivity index is 0.00000261. The third-order valence-electron chi connectivity index (χ3n) is 4.17. The number of para-hydroxylation sites is 1. The largest absolute Gasteiger partial charge is 0.484 e. The monoisotopic (exact) mass is 480 g/mol. The van der Waals surface area contributed by atoms with E-state index in [1.807, 2.05) is 18.2 Å². The van der Waals surface area contributed by atoms with E-state index >= 15 is 0 Å². The van der Waals surface area contributed by atoms with Crippen LogP contribution in [-0.2, 0) is 17.8 Å². The normalized spacial score (nSPS) is 12.9. The maximum Gasteiger partial charge on any atom is 0.255 e. The lowest BCUT2D eigenvalue weighted by Gasteiger charge is -2.22. The second-order valence-corrected chi connectivity index (χ2v) is 6.10. The molecule has 0 unspecified atom stereocenters. The van der Waals surface area contributed by atoms with E-state index in [9.17, 15) is 4.79 Å². The second kappa shape index (κ2) is 10.1. The Labute approximate surface area is 176 Å². The second-order valence-electron chi connectivity index (χ2n) is 6.10. The molecule has 2 aromatic carbocycles. The molecule has 27 heavy (non-hydrogen) atoms. The van der Waals surface area contributed by atoms with E-state index in [0.29, 0.717) is 12.3 Å². The van der Waals surface area contributed by atoms with Crippen LogP contribution in [-0.4, -0.2) is 31.6 Å². The van der Waals surface area contributed by atoms with Gasteiger partial charge in [0.25, 0.3) is 5.91 Å². The fourth-order valence-electron chi connectivity index (χ4n) is 3.01. The van der Waals surface area contributed by atoms with Gasteiger partial charge in [0.2, 0.25) is 0 Å². The molecular formula is C20H25IN4O2. The minimum Gasteiger partial charge on any atom is -0.484 e. The zero-order chi connectivity index (χ0) is 18.4. The quantitative estimate of drug-likeness (QED) is 0.379. The van der Waals surface area contributed by atoms with E-state index in [-0.39, 0.29) is 30.6 Å². The van der Waals surface area contributed by atoms with Crippen LogP contribution in [0.25, 0.3) is 0 Å². The number of guanidine groups is 1. The average molecular weight is 480 g/mol. The van der Waals surface area contributed by atoms with Gasteiger partial charge in [-0.1, -0.05) is 30.3 Å². The molecule has 2 aromatic rings. The van der Waals surface area contributed by atoms with Crippen LogP contribution in [0.5, 0.6) is 5.75 Å². The van der Waals surface area contributed by atoms with Gasteiger partial charge in [0, 0.05) is 18.8 Å². The lowest BCUT2D eigenvalue weighted by atomic mass is 10.2. The van der Waals surface area contributed by atoms with E-state index in [1.54, 1.807) is 6.07 Å². The molecule has 1 aliphatic heterocycles. The Morgan fingerprint density at radius 3 is 2.85 bits per heavy atom. The van der Waals surface area contributed by atoms with Gasteiger partial charge in [-0.3, -0.25) is 4.79 Å². The summed E-state index contributed by atoms with van der Waals surface area (Å²) in [6.07, 6.45) is 1.02. The van der Waals surface area contributed by atoms with Crippen molar-refractivity contribution in [2.24, 2.45) is 10.7 Å². The summed E-state index contributed by atoms with van der Waals surface area (Å²) in [5, 5.41) is 3.37. The van der Waals surface area contributed by atoms with E-state index in [0.717, 1.165) is 31.0 Å². The minimum atomic E-state index is -0.490. The first kappa shape index (κ1) is 21.0. The van der Waals surface area contributed by atoms with Gasteiger partial charge in [0.15, 0.2) is 12.6 Å².